The fourth-order valence-corrected chi connectivity index (χ4v) is 4.39. The second-order valence-corrected chi connectivity index (χ2v) is 9.03. The molecule has 1 aromatic rings. The van der Waals surface area contributed by atoms with Crippen molar-refractivity contribution < 1.29 is 14.4 Å². The molecule has 0 aromatic heterocycles. The lowest BCUT2D eigenvalue weighted by atomic mass is 9.80. The van der Waals surface area contributed by atoms with Crippen LogP contribution < -0.4 is 4.90 Å². The number of rotatable bonds is 2. The Hall–Kier alpha value is -2.28. The van der Waals surface area contributed by atoms with Gasteiger partial charge in [0.05, 0.1) is 23.6 Å². The largest absolute Gasteiger partial charge is 0.297 e. The lowest BCUT2D eigenvalue weighted by Gasteiger charge is -2.33. The number of Topliss-reactive ketones (excluding diaryl/α,β-unsaturated/α-hetero) is 1. The Kier molecular flexibility index (Phi) is 4.10. The lowest BCUT2D eigenvalue weighted by Crippen LogP contribution is -2.49. The minimum atomic E-state index is -0.738. The number of anilines is 1. The molecule has 27 heavy (non-hydrogen) atoms. The number of nitrogens with zero attached hydrogens (tertiary/aromatic N) is 3. The third-order valence-electron chi connectivity index (χ3n) is 5.38. The molecule has 0 N–H and O–H groups in total. The van der Waals surface area contributed by atoms with E-state index in [1.807, 2.05) is 26.8 Å². The molecule has 4 atom stereocenters. The van der Waals surface area contributed by atoms with Crippen LogP contribution in [0.15, 0.2) is 46.0 Å². The molecule has 0 radical (unpaired) electrons. The fraction of sp³-hybridized carbons (Fsp3) is 0.400. The summed E-state index contributed by atoms with van der Waals surface area (Å²) in [4.78, 5) is 40.9. The summed E-state index contributed by atoms with van der Waals surface area (Å²) in [7, 11) is 0. The van der Waals surface area contributed by atoms with Gasteiger partial charge in [0.1, 0.15) is 6.04 Å². The Bertz CT molecular complexity index is 885. The summed E-state index contributed by atoms with van der Waals surface area (Å²) in [5.41, 5.74) is -0.116. The van der Waals surface area contributed by atoms with Gasteiger partial charge in [-0.1, -0.05) is 42.8 Å². The zero-order valence-corrected chi connectivity index (χ0v) is 16.9. The molecule has 3 aliphatic heterocycles. The van der Waals surface area contributed by atoms with E-state index in [0.717, 1.165) is 4.47 Å². The number of halogens is 1. The van der Waals surface area contributed by atoms with Gasteiger partial charge >= 0.3 is 0 Å². The van der Waals surface area contributed by atoms with Crippen LogP contribution in [0.1, 0.15) is 20.8 Å². The number of ketones is 1. The van der Waals surface area contributed by atoms with E-state index in [1.54, 1.807) is 41.6 Å². The van der Waals surface area contributed by atoms with Gasteiger partial charge in [0, 0.05) is 16.1 Å². The van der Waals surface area contributed by atoms with E-state index in [-0.39, 0.29) is 23.6 Å². The van der Waals surface area contributed by atoms with Gasteiger partial charge in [-0.25, -0.2) is 4.90 Å². The minimum Gasteiger partial charge on any atom is -0.297 e. The van der Waals surface area contributed by atoms with Gasteiger partial charge < -0.3 is 0 Å². The molecule has 0 bridgehead atoms. The molecule has 0 unspecified atom stereocenters. The van der Waals surface area contributed by atoms with Crippen molar-refractivity contribution in [2.24, 2.45) is 22.4 Å². The second-order valence-electron chi connectivity index (χ2n) is 8.12. The summed E-state index contributed by atoms with van der Waals surface area (Å²) in [5, 5.41) is 5.99. The Balaban J connectivity index is 1.79. The van der Waals surface area contributed by atoms with E-state index < -0.39 is 23.3 Å². The molecule has 0 saturated carbocycles. The number of hydrogen-bond acceptors (Lipinski definition) is 5. The van der Waals surface area contributed by atoms with Gasteiger partial charge in [0.2, 0.25) is 11.8 Å². The van der Waals surface area contributed by atoms with E-state index in [2.05, 4.69) is 21.0 Å². The highest BCUT2D eigenvalue weighted by atomic mass is 79.9. The number of imide groups is 1. The van der Waals surface area contributed by atoms with Gasteiger partial charge in [0.15, 0.2) is 5.78 Å². The summed E-state index contributed by atoms with van der Waals surface area (Å²) in [5.74, 6) is -2.00. The van der Waals surface area contributed by atoms with Crippen LogP contribution in [0.4, 0.5) is 5.69 Å². The zero-order chi connectivity index (χ0) is 19.5. The molecule has 7 heteroatoms. The maximum atomic E-state index is 13.3. The van der Waals surface area contributed by atoms with Crippen LogP contribution in [0.5, 0.6) is 0 Å². The highest BCUT2D eigenvalue weighted by molar-refractivity contribution is 9.10. The lowest BCUT2D eigenvalue weighted by molar-refractivity contribution is -0.136. The summed E-state index contributed by atoms with van der Waals surface area (Å²) in [6.07, 6.45) is 5.22. The van der Waals surface area contributed by atoms with Gasteiger partial charge in [-0.15, -0.1) is 0 Å². The molecule has 140 valence electrons. The number of benzene rings is 1. The van der Waals surface area contributed by atoms with Gasteiger partial charge in [-0.05, 0) is 30.3 Å². The van der Waals surface area contributed by atoms with Crippen molar-refractivity contribution >= 4 is 45.4 Å². The molecule has 0 aliphatic carbocycles. The number of carbonyl (C=O) groups excluding carboxylic acids is 3. The van der Waals surface area contributed by atoms with E-state index >= 15 is 0 Å². The van der Waals surface area contributed by atoms with Crippen LogP contribution >= 0.6 is 15.9 Å². The van der Waals surface area contributed by atoms with Gasteiger partial charge in [0.25, 0.3) is 0 Å². The summed E-state index contributed by atoms with van der Waals surface area (Å²) < 4.78 is 0.863. The van der Waals surface area contributed by atoms with Gasteiger partial charge in [-0.2, -0.15) is 5.10 Å². The van der Waals surface area contributed by atoms with Crippen LogP contribution in [-0.4, -0.2) is 40.9 Å². The standard InChI is InChI=1S/C20H20BrN3O3/c1-20(2,3)17(25)16-15-14(13-5-4-10-22-24(13)16)18(26)23(19(15)27)12-8-6-11(21)7-9-12/h4-10,13-16H,1-3H3/t13-,14-,15-,16-/m1/s1. The molecule has 3 heterocycles. The number of fused-ring (bicyclic) bond motifs is 3. The first-order valence-electron chi connectivity index (χ1n) is 8.88. The van der Waals surface area contributed by atoms with Crippen LogP contribution in [0.25, 0.3) is 0 Å². The molecule has 2 saturated heterocycles. The Morgan fingerprint density at radius 2 is 1.70 bits per heavy atom. The monoisotopic (exact) mass is 429 g/mol. The SMILES string of the molecule is CC(C)(C)C(=O)[C@H]1[C@@H]2C(=O)N(c3ccc(Br)cc3)C(=O)[C@@H]2[C@H]2C=CC=NN21. The molecule has 2 fully saturated rings. The minimum absolute atomic E-state index is 0.0775. The van der Waals surface area contributed by atoms with Crippen molar-refractivity contribution in [3.8, 4) is 0 Å². The summed E-state index contributed by atoms with van der Waals surface area (Å²) >= 11 is 3.36. The van der Waals surface area contributed by atoms with Crippen molar-refractivity contribution in [3.63, 3.8) is 0 Å². The number of carbonyl (C=O) groups is 3. The summed E-state index contributed by atoms with van der Waals surface area (Å²) in [6, 6.07) is 5.92. The fourth-order valence-electron chi connectivity index (χ4n) is 4.13. The Morgan fingerprint density at radius 3 is 2.33 bits per heavy atom. The predicted molar refractivity (Wildman–Crippen MR) is 105 cm³/mol. The van der Waals surface area contributed by atoms with Crippen molar-refractivity contribution in [1.82, 2.24) is 5.01 Å². The second kappa shape index (κ2) is 6.12. The Morgan fingerprint density at radius 1 is 1.07 bits per heavy atom. The third-order valence-corrected chi connectivity index (χ3v) is 5.91. The first kappa shape index (κ1) is 18.1. The molecular weight excluding hydrogens is 410 g/mol. The smallest absolute Gasteiger partial charge is 0.240 e. The van der Waals surface area contributed by atoms with Crippen molar-refractivity contribution in [1.29, 1.82) is 0 Å². The molecule has 0 spiro atoms. The van der Waals surface area contributed by atoms with Crippen LogP contribution in [0, 0.1) is 17.3 Å². The van der Waals surface area contributed by atoms with Crippen LogP contribution in [0.2, 0.25) is 0 Å². The molecule has 6 nitrogen and oxygen atoms in total. The highest BCUT2D eigenvalue weighted by Gasteiger charge is 2.64. The van der Waals surface area contributed by atoms with Crippen LogP contribution in [0.3, 0.4) is 0 Å². The molecular formula is C20H20BrN3O3. The quantitative estimate of drug-likeness (QED) is 0.677. The maximum absolute atomic E-state index is 13.3. The van der Waals surface area contributed by atoms with E-state index in [4.69, 9.17) is 0 Å². The number of allylic oxidation sites excluding steroid dienone is 1. The van der Waals surface area contributed by atoms with Crippen molar-refractivity contribution in [2.75, 3.05) is 4.90 Å². The highest BCUT2D eigenvalue weighted by Crippen LogP contribution is 2.47. The normalized spacial score (nSPS) is 29.3. The van der Waals surface area contributed by atoms with Crippen molar-refractivity contribution in [2.45, 2.75) is 32.9 Å². The number of hydrogen-bond donors (Lipinski definition) is 0. The number of amides is 2. The van der Waals surface area contributed by atoms with Crippen molar-refractivity contribution in [3.05, 3.63) is 40.9 Å². The third kappa shape index (κ3) is 2.67. The average molecular weight is 430 g/mol. The first-order chi connectivity index (χ1) is 12.7. The molecule has 2 amide bonds. The summed E-state index contributed by atoms with van der Waals surface area (Å²) in [6.45, 7) is 5.48. The topological polar surface area (TPSA) is 70.0 Å². The van der Waals surface area contributed by atoms with E-state index in [9.17, 15) is 14.4 Å². The first-order valence-corrected chi connectivity index (χ1v) is 9.68. The maximum Gasteiger partial charge on any atom is 0.240 e. The Labute approximate surface area is 166 Å². The molecule has 1 aromatic carbocycles. The number of hydrazone groups is 1. The molecule has 3 aliphatic rings. The zero-order valence-electron chi connectivity index (χ0n) is 15.3. The molecule has 4 rings (SSSR count). The average Bonchev–Trinajstić information content (AvgIpc) is 3.08. The van der Waals surface area contributed by atoms with E-state index in [1.165, 1.54) is 4.90 Å². The van der Waals surface area contributed by atoms with Gasteiger partial charge in [-0.3, -0.25) is 19.4 Å². The predicted octanol–water partition coefficient (Wildman–Crippen LogP) is 2.78. The van der Waals surface area contributed by atoms with Crippen LogP contribution in [-0.2, 0) is 14.4 Å². The van der Waals surface area contributed by atoms with E-state index in [0.29, 0.717) is 5.69 Å².